The quantitative estimate of drug-likeness (QED) is 0.850. The van der Waals surface area contributed by atoms with E-state index in [0.29, 0.717) is 11.6 Å². The van der Waals surface area contributed by atoms with Crippen molar-refractivity contribution < 1.29 is 4.74 Å². The molecule has 0 bridgehead atoms. The maximum atomic E-state index is 6.21. The molecule has 0 atom stereocenters. The third kappa shape index (κ3) is 3.54. The molecule has 0 fully saturated rings. The van der Waals surface area contributed by atoms with Gasteiger partial charge in [0.15, 0.2) is 0 Å². The molecule has 0 spiro atoms. The average molecular weight is 292 g/mol. The summed E-state index contributed by atoms with van der Waals surface area (Å²) >= 11 is 6.21. The lowest BCUT2D eigenvalue weighted by atomic mass is 10.2. The van der Waals surface area contributed by atoms with Crippen molar-refractivity contribution in [1.82, 2.24) is 4.98 Å². The number of halogens is 1. The first-order valence-electron chi connectivity index (χ1n) is 6.49. The van der Waals surface area contributed by atoms with E-state index < -0.39 is 0 Å². The van der Waals surface area contributed by atoms with E-state index in [-0.39, 0.29) is 0 Å². The Labute approximate surface area is 124 Å². The average Bonchev–Trinajstić information content (AvgIpc) is 2.46. The van der Waals surface area contributed by atoms with Gasteiger partial charge in [-0.3, -0.25) is 0 Å². The number of pyridine rings is 1. The predicted molar refractivity (Wildman–Crippen MR) is 83.7 cm³/mol. The largest absolute Gasteiger partial charge is 0.496 e. The Morgan fingerprint density at radius 1 is 1.25 bits per heavy atom. The standard InChI is InChI=1S/C15H18ClN3O/c1-3-17-15-9-11(7-8-18-15)19-10-12-13(16)5-4-6-14(12)20-2/h4-9H,3,10H2,1-2H3,(H2,17,18,19). The summed E-state index contributed by atoms with van der Waals surface area (Å²) < 4.78 is 5.33. The number of hydrogen-bond acceptors (Lipinski definition) is 4. The lowest BCUT2D eigenvalue weighted by Crippen LogP contribution is -2.04. The van der Waals surface area contributed by atoms with E-state index in [4.69, 9.17) is 16.3 Å². The van der Waals surface area contributed by atoms with Crippen molar-refractivity contribution in [2.24, 2.45) is 0 Å². The summed E-state index contributed by atoms with van der Waals surface area (Å²) in [4.78, 5) is 4.23. The van der Waals surface area contributed by atoms with Crippen molar-refractivity contribution in [3.8, 4) is 5.75 Å². The molecule has 1 heterocycles. The van der Waals surface area contributed by atoms with Gasteiger partial charge in [0.1, 0.15) is 11.6 Å². The summed E-state index contributed by atoms with van der Waals surface area (Å²) in [6, 6.07) is 9.52. The van der Waals surface area contributed by atoms with Gasteiger partial charge in [-0.25, -0.2) is 4.98 Å². The second kappa shape index (κ2) is 7.01. The first kappa shape index (κ1) is 14.5. The molecule has 1 aromatic heterocycles. The molecule has 2 rings (SSSR count). The molecule has 2 N–H and O–H groups in total. The fraction of sp³-hybridized carbons (Fsp3) is 0.267. The van der Waals surface area contributed by atoms with E-state index in [1.165, 1.54) is 0 Å². The number of nitrogens with one attached hydrogen (secondary N) is 2. The molecule has 0 aliphatic rings. The van der Waals surface area contributed by atoms with Crippen LogP contribution in [0.25, 0.3) is 0 Å². The molecule has 2 aromatic rings. The third-order valence-electron chi connectivity index (χ3n) is 2.88. The zero-order valence-electron chi connectivity index (χ0n) is 11.6. The Morgan fingerprint density at radius 2 is 2.10 bits per heavy atom. The molecule has 0 aliphatic heterocycles. The van der Waals surface area contributed by atoms with Gasteiger partial charge in [0.2, 0.25) is 0 Å². The molecule has 106 valence electrons. The normalized spacial score (nSPS) is 10.2. The minimum atomic E-state index is 0.596. The van der Waals surface area contributed by atoms with Crippen LogP contribution < -0.4 is 15.4 Å². The summed E-state index contributed by atoms with van der Waals surface area (Å²) in [5.41, 5.74) is 1.93. The molecule has 0 amide bonds. The minimum absolute atomic E-state index is 0.596. The van der Waals surface area contributed by atoms with Crippen LogP contribution in [0.15, 0.2) is 36.5 Å². The predicted octanol–water partition coefficient (Wildman–Crippen LogP) is 3.79. The molecular formula is C15H18ClN3O. The van der Waals surface area contributed by atoms with Crippen LogP contribution >= 0.6 is 11.6 Å². The van der Waals surface area contributed by atoms with E-state index in [1.54, 1.807) is 13.3 Å². The van der Waals surface area contributed by atoms with Gasteiger partial charge in [0, 0.05) is 41.6 Å². The van der Waals surface area contributed by atoms with Crippen LogP contribution in [0, 0.1) is 0 Å². The summed E-state index contributed by atoms with van der Waals surface area (Å²) in [5.74, 6) is 1.63. The number of ether oxygens (including phenoxy) is 1. The van der Waals surface area contributed by atoms with E-state index in [0.717, 1.165) is 29.4 Å². The van der Waals surface area contributed by atoms with Gasteiger partial charge in [0.25, 0.3) is 0 Å². The number of hydrogen-bond donors (Lipinski definition) is 2. The molecule has 0 unspecified atom stereocenters. The molecule has 0 radical (unpaired) electrons. The number of benzene rings is 1. The fourth-order valence-electron chi connectivity index (χ4n) is 1.91. The Kier molecular flexibility index (Phi) is 5.07. The van der Waals surface area contributed by atoms with Crippen LogP contribution in [-0.4, -0.2) is 18.6 Å². The van der Waals surface area contributed by atoms with Gasteiger partial charge in [0.05, 0.1) is 7.11 Å². The SMILES string of the molecule is CCNc1cc(NCc2c(Cl)cccc2OC)ccn1. The van der Waals surface area contributed by atoms with Gasteiger partial charge in [-0.05, 0) is 25.1 Å². The Bertz CT molecular complexity index is 575. The summed E-state index contributed by atoms with van der Waals surface area (Å²) in [6.07, 6.45) is 1.77. The van der Waals surface area contributed by atoms with Gasteiger partial charge >= 0.3 is 0 Å². The Balaban J connectivity index is 2.10. The van der Waals surface area contributed by atoms with Crippen molar-refractivity contribution in [1.29, 1.82) is 0 Å². The molecule has 1 aromatic carbocycles. The number of methoxy groups -OCH3 is 1. The Morgan fingerprint density at radius 3 is 2.85 bits per heavy atom. The van der Waals surface area contributed by atoms with E-state index in [1.807, 2.05) is 37.3 Å². The Hall–Kier alpha value is -1.94. The van der Waals surface area contributed by atoms with Gasteiger partial charge in [-0.1, -0.05) is 17.7 Å². The van der Waals surface area contributed by atoms with Crippen LogP contribution in [0.1, 0.15) is 12.5 Å². The van der Waals surface area contributed by atoms with Gasteiger partial charge in [-0.15, -0.1) is 0 Å². The molecular weight excluding hydrogens is 274 g/mol. The van der Waals surface area contributed by atoms with Crippen LogP contribution in [0.3, 0.4) is 0 Å². The van der Waals surface area contributed by atoms with Gasteiger partial charge < -0.3 is 15.4 Å². The number of aromatic nitrogens is 1. The first-order chi connectivity index (χ1) is 9.74. The zero-order valence-corrected chi connectivity index (χ0v) is 12.4. The van der Waals surface area contributed by atoms with Crippen LogP contribution in [0.4, 0.5) is 11.5 Å². The van der Waals surface area contributed by atoms with Crippen molar-refractivity contribution in [2.45, 2.75) is 13.5 Å². The maximum Gasteiger partial charge on any atom is 0.127 e. The lowest BCUT2D eigenvalue weighted by Gasteiger charge is -2.12. The highest BCUT2D eigenvalue weighted by atomic mass is 35.5. The van der Waals surface area contributed by atoms with Crippen molar-refractivity contribution in [3.63, 3.8) is 0 Å². The van der Waals surface area contributed by atoms with Gasteiger partial charge in [-0.2, -0.15) is 0 Å². The van der Waals surface area contributed by atoms with Crippen molar-refractivity contribution in [3.05, 3.63) is 47.1 Å². The highest BCUT2D eigenvalue weighted by Gasteiger charge is 2.07. The fourth-order valence-corrected chi connectivity index (χ4v) is 2.14. The zero-order chi connectivity index (χ0) is 14.4. The maximum absolute atomic E-state index is 6.21. The molecule has 0 saturated carbocycles. The second-order valence-electron chi connectivity index (χ2n) is 4.23. The molecule has 4 nitrogen and oxygen atoms in total. The molecule has 5 heteroatoms. The topological polar surface area (TPSA) is 46.2 Å². The second-order valence-corrected chi connectivity index (χ2v) is 4.64. The number of nitrogens with zero attached hydrogens (tertiary/aromatic N) is 1. The smallest absolute Gasteiger partial charge is 0.127 e. The monoisotopic (exact) mass is 291 g/mol. The van der Waals surface area contributed by atoms with Crippen molar-refractivity contribution >= 4 is 23.1 Å². The highest BCUT2D eigenvalue weighted by molar-refractivity contribution is 6.31. The van der Waals surface area contributed by atoms with Crippen molar-refractivity contribution in [2.75, 3.05) is 24.3 Å². The number of anilines is 2. The summed E-state index contributed by atoms with van der Waals surface area (Å²) in [5, 5.41) is 7.20. The minimum Gasteiger partial charge on any atom is -0.496 e. The highest BCUT2D eigenvalue weighted by Crippen LogP contribution is 2.27. The van der Waals surface area contributed by atoms with E-state index >= 15 is 0 Å². The molecule has 0 aliphatic carbocycles. The third-order valence-corrected chi connectivity index (χ3v) is 3.24. The van der Waals surface area contributed by atoms with Crippen LogP contribution in [0.5, 0.6) is 5.75 Å². The lowest BCUT2D eigenvalue weighted by molar-refractivity contribution is 0.410. The molecule has 20 heavy (non-hydrogen) atoms. The van der Waals surface area contributed by atoms with Crippen LogP contribution in [0.2, 0.25) is 5.02 Å². The first-order valence-corrected chi connectivity index (χ1v) is 6.87. The van der Waals surface area contributed by atoms with E-state index in [2.05, 4.69) is 15.6 Å². The van der Waals surface area contributed by atoms with E-state index in [9.17, 15) is 0 Å². The molecule has 0 saturated heterocycles. The number of rotatable bonds is 6. The van der Waals surface area contributed by atoms with Crippen LogP contribution in [-0.2, 0) is 6.54 Å². The summed E-state index contributed by atoms with van der Waals surface area (Å²) in [6.45, 7) is 3.48. The summed E-state index contributed by atoms with van der Waals surface area (Å²) in [7, 11) is 1.64.